The van der Waals surface area contributed by atoms with Crippen LogP contribution in [0.2, 0.25) is 5.02 Å². The van der Waals surface area contributed by atoms with Gasteiger partial charge in [-0.05, 0) is 58.2 Å². The molecule has 0 aromatic heterocycles. The first-order chi connectivity index (χ1) is 8.97. The Hall–Kier alpha value is -0.580. The molecule has 0 unspecified atom stereocenters. The predicted molar refractivity (Wildman–Crippen MR) is 85.3 cm³/mol. The largest absolute Gasteiger partial charge is 0.381 e. The third kappa shape index (κ3) is 3.71. The summed E-state index contributed by atoms with van der Waals surface area (Å²) < 4.78 is 14.9. The number of halogens is 4. The van der Waals surface area contributed by atoms with Gasteiger partial charge in [-0.15, -0.1) is 0 Å². The third-order valence-electron chi connectivity index (χ3n) is 2.75. The smallest absolute Gasteiger partial charge is 0.139 e. The minimum Gasteiger partial charge on any atom is -0.381 e. The van der Waals surface area contributed by atoms with Gasteiger partial charge in [0.25, 0.3) is 0 Å². The molecule has 2 aromatic carbocycles. The molecule has 100 valence electrons. The average molecular weight is 408 g/mol. The summed E-state index contributed by atoms with van der Waals surface area (Å²) in [5.74, 6) is -0.282. The third-order valence-corrected chi connectivity index (χ3v) is 4.20. The summed E-state index contributed by atoms with van der Waals surface area (Å²) in [5, 5.41) is 3.87. The van der Waals surface area contributed by atoms with Crippen molar-refractivity contribution in [3.8, 4) is 0 Å². The van der Waals surface area contributed by atoms with Crippen LogP contribution in [0.25, 0.3) is 0 Å². The van der Waals surface area contributed by atoms with Crippen LogP contribution in [0.15, 0.2) is 39.3 Å². The van der Waals surface area contributed by atoms with Gasteiger partial charge >= 0.3 is 0 Å². The monoisotopic (exact) mass is 405 g/mol. The Morgan fingerprint density at radius 3 is 2.63 bits per heavy atom. The molecule has 5 heteroatoms. The Labute approximate surface area is 133 Å². The van der Waals surface area contributed by atoms with Crippen molar-refractivity contribution in [2.24, 2.45) is 0 Å². The lowest BCUT2D eigenvalue weighted by atomic mass is 10.1. The van der Waals surface area contributed by atoms with Crippen LogP contribution in [-0.2, 0) is 6.54 Å². The van der Waals surface area contributed by atoms with Gasteiger partial charge in [0, 0.05) is 21.7 Å². The van der Waals surface area contributed by atoms with Gasteiger partial charge in [0.05, 0.1) is 4.47 Å². The summed E-state index contributed by atoms with van der Waals surface area (Å²) in [6, 6.07) is 8.93. The maximum atomic E-state index is 13.5. The van der Waals surface area contributed by atoms with Crippen LogP contribution in [0.3, 0.4) is 0 Å². The first kappa shape index (κ1) is 14.8. The molecule has 0 aliphatic rings. The minimum atomic E-state index is -0.282. The van der Waals surface area contributed by atoms with E-state index in [9.17, 15) is 4.39 Å². The topological polar surface area (TPSA) is 12.0 Å². The molecule has 0 fully saturated rings. The fourth-order valence-corrected chi connectivity index (χ4v) is 2.89. The van der Waals surface area contributed by atoms with E-state index in [0.29, 0.717) is 16.0 Å². The van der Waals surface area contributed by atoms with Gasteiger partial charge in [-0.25, -0.2) is 4.39 Å². The fourth-order valence-electron chi connectivity index (χ4n) is 1.69. The van der Waals surface area contributed by atoms with Crippen LogP contribution in [0.4, 0.5) is 10.1 Å². The van der Waals surface area contributed by atoms with E-state index in [2.05, 4.69) is 37.2 Å². The van der Waals surface area contributed by atoms with Crippen LogP contribution in [-0.4, -0.2) is 0 Å². The number of anilines is 1. The highest BCUT2D eigenvalue weighted by Gasteiger charge is 2.06. The second kappa shape index (κ2) is 6.25. The molecule has 0 saturated carbocycles. The molecule has 19 heavy (non-hydrogen) atoms. The summed E-state index contributed by atoms with van der Waals surface area (Å²) in [6.07, 6.45) is 0. The SMILES string of the molecule is Cc1cc(Br)c(F)cc1NCc1ccc(Br)cc1Cl. The Morgan fingerprint density at radius 2 is 1.95 bits per heavy atom. The second-order valence-corrected chi connectivity index (χ2v) is 6.35. The van der Waals surface area contributed by atoms with E-state index in [-0.39, 0.29) is 5.82 Å². The van der Waals surface area contributed by atoms with Crippen molar-refractivity contribution < 1.29 is 4.39 Å². The molecule has 0 spiro atoms. The molecule has 1 nitrogen and oxygen atoms in total. The predicted octanol–water partition coefficient (Wildman–Crippen LogP) is 5.92. The van der Waals surface area contributed by atoms with Crippen molar-refractivity contribution in [3.63, 3.8) is 0 Å². The Bertz CT molecular complexity index is 617. The summed E-state index contributed by atoms with van der Waals surface area (Å²) in [4.78, 5) is 0. The van der Waals surface area contributed by atoms with Gasteiger partial charge < -0.3 is 5.32 Å². The highest BCUT2D eigenvalue weighted by atomic mass is 79.9. The number of nitrogens with one attached hydrogen (secondary N) is 1. The maximum Gasteiger partial charge on any atom is 0.139 e. The highest BCUT2D eigenvalue weighted by molar-refractivity contribution is 9.10. The maximum absolute atomic E-state index is 13.5. The molecule has 0 bridgehead atoms. The molecule has 2 rings (SSSR count). The zero-order valence-electron chi connectivity index (χ0n) is 10.1. The Morgan fingerprint density at radius 1 is 1.21 bits per heavy atom. The molecule has 0 radical (unpaired) electrons. The zero-order valence-corrected chi connectivity index (χ0v) is 14.0. The Kier molecular flexibility index (Phi) is 4.87. The van der Waals surface area contributed by atoms with Gasteiger partial charge in [0.15, 0.2) is 0 Å². The van der Waals surface area contributed by atoms with Crippen LogP contribution < -0.4 is 5.32 Å². The fraction of sp³-hybridized carbons (Fsp3) is 0.143. The summed E-state index contributed by atoms with van der Waals surface area (Å²) in [5.41, 5.74) is 2.70. The second-order valence-electron chi connectivity index (χ2n) is 4.17. The molecule has 0 heterocycles. The lowest BCUT2D eigenvalue weighted by Gasteiger charge is -2.12. The van der Waals surface area contributed by atoms with Crippen LogP contribution >= 0.6 is 43.5 Å². The highest BCUT2D eigenvalue weighted by Crippen LogP contribution is 2.26. The number of aryl methyl sites for hydroxylation is 1. The number of hydrogen-bond acceptors (Lipinski definition) is 1. The van der Waals surface area contributed by atoms with Crippen molar-refractivity contribution in [3.05, 3.63) is 61.2 Å². The molecule has 0 aliphatic carbocycles. The van der Waals surface area contributed by atoms with Crippen molar-refractivity contribution in [2.75, 3.05) is 5.32 Å². The standard InChI is InChI=1S/C14H11Br2ClFN/c1-8-4-11(16)13(18)6-14(8)19-7-9-2-3-10(15)5-12(9)17/h2-6,19H,7H2,1H3. The minimum absolute atomic E-state index is 0.282. The number of rotatable bonds is 3. The zero-order chi connectivity index (χ0) is 14.0. The van der Waals surface area contributed by atoms with Crippen molar-refractivity contribution in [2.45, 2.75) is 13.5 Å². The number of benzene rings is 2. The van der Waals surface area contributed by atoms with E-state index in [0.717, 1.165) is 21.3 Å². The van der Waals surface area contributed by atoms with Crippen LogP contribution in [0.1, 0.15) is 11.1 Å². The van der Waals surface area contributed by atoms with E-state index in [1.807, 2.05) is 25.1 Å². The first-order valence-electron chi connectivity index (χ1n) is 5.61. The van der Waals surface area contributed by atoms with Gasteiger partial charge in [-0.3, -0.25) is 0 Å². The molecule has 0 amide bonds. The van der Waals surface area contributed by atoms with E-state index in [4.69, 9.17) is 11.6 Å². The van der Waals surface area contributed by atoms with E-state index < -0.39 is 0 Å². The summed E-state index contributed by atoms with van der Waals surface area (Å²) in [6.45, 7) is 2.48. The molecule has 2 aromatic rings. The summed E-state index contributed by atoms with van der Waals surface area (Å²) >= 11 is 12.7. The first-order valence-corrected chi connectivity index (χ1v) is 7.57. The van der Waals surface area contributed by atoms with E-state index >= 15 is 0 Å². The lowest BCUT2D eigenvalue weighted by molar-refractivity contribution is 0.621. The van der Waals surface area contributed by atoms with Gasteiger partial charge in [0.1, 0.15) is 5.82 Å². The molecular weight excluding hydrogens is 396 g/mol. The lowest BCUT2D eigenvalue weighted by Crippen LogP contribution is -2.02. The average Bonchev–Trinajstić information content (AvgIpc) is 2.34. The molecule has 0 aliphatic heterocycles. The molecule has 1 N–H and O–H groups in total. The van der Waals surface area contributed by atoms with Gasteiger partial charge in [0.2, 0.25) is 0 Å². The van der Waals surface area contributed by atoms with E-state index in [1.165, 1.54) is 6.07 Å². The quantitative estimate of drug-likeness (QED) is 0.665. The summed E-state index contributed by atoms with van der Waals surface area (Å²) in [7, 11) is 0. The molecular formula is C14H11Br2ClFN. The van der Waals surface area contributed by atoms with Gasteiger partial charge in [-0.1, -0.05) is 33.6 Å². The van der Waals surface area contributed by atoms with E-state index in [1.54, 1.807) is 6.07 Å². The normalized spacial score (nSPS) is 10.6. The van der Waals surface area contributed by atoms with Crippen LogP contribution in [0, 0.1) is 12.7 Å². The molecule has 0 atom stereocenters. The van der Waals surface area contributed by atoms with Crippen molar-refractivity contribution in [1.82, 2.24) is 0 Å². The van der Waals surface area contributed by atoms with Crippen molar-refractivity contribution >= 4 is 49.1 Å². The van der Waals surface area contributed by atoms with Crippen molar-refractivity contribution in [1.29, 1.82) is 0 Å². The van der Waals surface area contributed by atoms with Crippen LogP contribution in [0.5, 0.6) is 0 Å². The number of hydrogen-bond donors (Lipinski definition) is 1. The Balaban J connectivity index is 2.16. The van der Waals surface area contributed by atoms with Gasteiger partial charge in [-0.2, -0.15) is 0 Å². The molecule has 0 saturated heterocycles.